The Morgan fingerprint density at radius 2 is 2.17 bits per heavy atom. The second-order valence-corrected chi connectivity index (χ2v) is 4.90. The van der Waals surface area contributed by atoms with Crippen molar-refractivity contribution in [2.45, 2.75) is 38.5 Å². The molecule has 0 aromatic heterocycles. The van der Waals surface area contributed by atoms with Gasteiger partial charge in [-0.3, -0.25) is 5.32 Å². The topological polar surface area (TPSA) is 35.8 Å². The highest BCUT2D eigenvalue weighted by molar-refractivity contribution is 7.99. The summed E-state index contributed by atoms with van der Waals surface area (Å²) in [5.41, 5.74) is -0.357. The van der Waals surface area contributed by atoms with Crippen LogP contribution in [0.4, 0.5) is 0 Å². The Bertz CT molecular complexity index is 162. The summed E-state index contributed by atoms with van der Waals surface area (Å²) in [5.74, 6) is 0.856. The first-order chi connectivity index (χ1) is 5.54. The van der Waals surface area contributed by atoms with Crippen LogP contribution in [0.15, 0.2) is 0 Å². The zero-order chi connectivity index (χ0) is 9.61. The molecule has 0 heterocycles. The Hall–Kier alpha value is -0.200. The fraction of sp³-hybridized carbons (Fsp3) is 0.889. The summed E-state index contributed by atoms with van der Waals surface area (Å²) in [7, 11) is 0. The first-order valence-electron chi connectivity index (χ1n) is 4.32. The van der Waals surface area contributed by atoms with Gasteiger partial charge >= 0.3 is 0 Å². The molecule has 0 rings (SSSR count). The molecule has 0 saturated carbocycles. The summed E-state index contributed by atoms with van der Waals surface area (Å²) in [6.45, 7) is 9.12. The monoisotopic (exact) mass is 186 g/mol. The van der Waals surface area contributed by atoms with E-state index in [0.29, 0.717) is 5.25 Å². The van der Waals surface area contributed by atoms with Gasteiger partial charge in [0.15, 0.2) is 0 Å². The van der Waals surface area contributed by atoms with Crippen LogP contribution in [0, 0.1) is 11.3 Å². The van der Waals surface area contributed by atoms with Crippen LogP contribution in [-0.2, 0) is 0 Å². The van der Waals surface area contributed by atoms with Crippen LogP contribution in [0.3, 0.4) is 0 Å². The highest BCUT2D eigenvalue weighted by Gasteiger charge is 2.22. The van der Waals surface area contributed by atoms with E-state index < -0.39 is 0 Å². The van der Waals surface area contributed by atoms with E-state index in [2.05, 4.69) is 25.2 Å². The van der Waals surface area contributed by atoms with Gasteiger partial charge in [0.05, 0.1) is 6.07 Å². The van der Waals surface area contributed by atoms with Gasteiger partial charge in [0.2, 0.25) is 0 Å². The van der Waals surface area contributed by atoms with Crippen molar-refractivity contribution in [2.24, 2.45) is 0 Å². The van der Waals surface area contributed by atoms with Crippen molar-refractivity contribution in [3.8, 4) is 6.07 Å². The Balaban J connectivity index is 3.90. The fourth-order valence-corrected chi connectivity index (χ4v) is 1.68. The van der Waals surface area contributed by atoms with E-state index >= 15 is 0 Å². The average Bonchev–Trinajstić information content (AvgIpc) is 2.02. The molecule has 0 amide bonds. The van der Waals surface area contributed by atoms with Gasteiger partial charge in [0, 0.05) is 5.75 Å². The number of hydrogen-bond donors (Lipinski definition) is 1. The molecule has 0 radical (unpaired) electrons. The molecule has 0 aliphatic rings. The molecular formula is C9H18N2S. The van der Waals surface area contributed by atoms with Crippen molar-refractivity contribution < 1.29 is 0 Å². The van der Waals surface area contributed by atoms with Gasteiger partial charge in [0.25, 0.3) is 0 Å². The van der Waals surface area contributed by atoms with Gasteiger partial charge in [-0.15, -0.1) is 0 Å². The normalized spacial score (nSPS) is 15.7. The number of nitriles is 1. The molecule has 0 bridgehead atoms. The second-order valence-electron chi connectivity index (χ2n) is 3.33. The quantitative estimate of drug-likeness (QED) is 0.713. The van der Waals surface area contributed by atoms with E-state index in [1.54, 1.807) is 0 Å². The Labute approximate surface area is 79.7 Å². The van der Waals surface area contributed by atoms with Crippen molar-refractivity contribution in [2.75, 3.05) is 12.3 Å². The lowest BCUT2D eigenvalue weighted by molar-refractivity contribution is 0.511. The smallest absolute Gasteiger partial charge is 0.113 e. The lowest BCUT2D eigenvalue weighted by Crippen LogP contribution is -2.43. The van der Waals surface area contributed by atoms with Gasteiger partial charge in [-0.2, -0.15) is 17.0 Å². The summed E-state index contributed by atoms with van der Waals surface area (Å²) >= 11 is 1.82. The molecule has 0 fully saturated rings. The molecule has 12 heavy (non-hydrogen) atoms. The molecule has 1 unspecified atom stereocenters. The van der Waals surface area contributed by atoms with E-state index in [0.717, 1.165) is 12.3 Å². The zero-order valence-corrected chi connectivity index (χ0v) is 9.16. The van der Waals surface area contributed by atoms with Gasteiger partial charge in [-0.05, 0) is 18.7 Å². The molecule has 1 atom stereocenters. The van der Waals surface area contributed by atoms with Crippen LogP contribution in [-0.4, -0.2) is 23.1 Å². The minimum atomic E-state index is -0.357. The maximum Gasteiger partial charge on any atom is 0.113 e. The lowest BCUT2D eigenvalue weighted by atomic mass is 10.1. The standard InChI is InChI=1S/C9H18N2S/c1-5-11-9(4,6-10)7-12-8(2)3/h8,11H,5,7H2,1-4H3. The molecular weight excluding hydrogens is 168 g/mol. The third-order valence-corrected chi connectivity index (χ3v) is 2.93. The number of nitrogens with one attached hydrogen (secondary N) is 1. The molecule has 70 valence electrons. The fourth-order valence-electron chi connectivity index (χ4n) is 0.846. The maximum atomic E-state index is 8.90. The highest BCUT2D eigenvalue weighted by Crippen LogP contribution is 2.16. The van der Waals surface area contributed by atoms with Crippen molar-refractivity contribution >= 4 is 11.8 Å². The minimum Gasteiger partial charge on any atom is -0.299 e. The number of nitrogens with zero attached hydrogens (tertiary/aromatic N) is 1. The third-order valence-electron chi connectivity index (χ3n) is 1.52. The highest BCUT2D eigenvalue weighted by atomic mass is 32.2. The molecule has 0 saturated heterocycles. The van der Waals surface area contributed by atoms with Crippen LogP contribution in [0.1, 0.15) is 27.7 Å². The predicted molar refractivity (Wildman–Crippen MR) is 55.3 cm³/mol. The first kappa shape index (κ1) is 11.8. The number of rotatable bonds is 5. The Morgan fingerprint density at radius 1 is 1.58 bits per heavy atom. The van der Waals surface area contributed by atoms with E-state index in [4.69, 9.17) is 5.26 Å². The van der Waals surface area contributed by atoms with Crippen LogP contribution < -0.4 is 5.32 Å². The summed E-state index contributed by atoms with van der Waals surface area (Å²) in [4.78, 5) is 0. The van der Waals surface area contributed by atoms with Gasteiger partial charge < -0.3 is 0 Å². The number of hydrogen-bond acceptors (Lipinski definition) is 3. The molecule has 1 N–H and O–H groups in total. The van der Waals surface area contributed by atoms with Gasteiger partial charge in [0.1, 0.15) is 5.54 Å². The van der Waals surface area contributed by atoms with Crippen LogP contribution >= 0.6 is 11.8 Å². The maximum absolute atomic E-state index is 8.90. The van der Waals surface area contributed by atoms with Crippen LogP contribution in [0.2, 0.25) is 0 Å². The molecule has 3 heteroatoms. The largest absolute Gasteiger partial charge is 0.299 e. The Kier molecular flexibility index (Phi) is 5.36. The third kappa shape index (κ3) is 4.63. The average molecular weight is 186 g/mol. The first-order valence-corrected chi connectivity index (χ1v) is 5.37. The molecule has 0 aromatic carbocycles. The second kappa shape index (κ2) is 5.45. The van der Waals surface area contributed by atoms with Gasteiger partial charge in [-0.25, -0.2) is 0 Å². The van der Waals surface area contributed by atoms with Crippen molar-refractivity contribution in [1.29, 1.82) is 5.26 Å². The minimum absolute atomic E-state index is 0.357. The predicted octanol–water partition coefficient (Wildman–Crippen LogP) is 2.02. The SMILES string of the molecule is CCNC(C)(C#N)CSC(C)C. The zero-order valence-electron chi connectivity index (χ0n) is 8.35. The van der Waals surface area contributed by atoms with Crippen molar-refractivity contribution in [3.63, 3.8) is 0 Å². The summed E-state index contributed by atoms with van der Waals surface area (Å²) in [5, 5.41) is 12.7. The molecule has 0 aliphatic carbocycles. The molecule has 0 aliphatic heterocycles. The summed E-state index contributed by atoms with van der Waals surface area (Å²) in [6.07, 6.45) is 0. The Morgan fingerprint density at radius 3 is 2.50 bits per heavy atom. The molecule has 0 spiro atoms. The molecule has 2 nitrogen and oxygen atoms in total. The van der Waals surface area contributed by atoms with Crippen molar-refractivity contribution in [1.82, 2.24) is 5.32 Å². The van der Waals surface area contributed by atoms with Crippen molar-refractivity contribution in [3.05, 3.63) is 0 Å². The summed E-state index contributed by atoms with van der Waals surface area (Å²) < 4.78 is 0. The van der Waals surface area contributed by atoms with Gasteiger partial charge in [-0.1, -0.05) is 20.8 Å². The molecule has 0 aromatic rings. The number of thioether (sulfide) groups is 1. The lowest BCUT2D eigenvalue weighted by Gasteiger charge is -2.22. The van der Waals surface area contributed by atoms with E-state index in [-0.39, 0.29) is 5.54 Å². The van der Waals surface area contributed by atoms with E-state index in [1.807, 2.05) is 25.6 Å². The van der Waals surface area contributed by atoms with E-state index in [9.17, 15) is 0 Å². The van der Waals surface area contributed by atoms with E-state index in [1.165, 1.54) is 0 Å². The summed E-state index contributed by atoms with van der Waals surface area (Å²) in [6, 6.07) is 2.30. The van der Waals surface area contributed by atoms with Crippen LogP contribution in [0.5, 0.6) is 0 Å². The van der Waals surface area contributed by atoms with Crippen LogP contribution in [0.25, 0.3) is 0 Å².